The third kappa shape index (κ3) is 4.61. The van der Waals surface area contributed by atoms with Gasteiger partial charge in [-0.2, -0.15) is 0 Å². The van der Waals surface area contributed by atoms with Crippen molar-refractivity contribution in [3.05, 3.63) is 53.7 Å². The van der Waals surface area contributed by atoms with Crippen LogP contribution >= 0.6 is 0 Å². The SMILES string of the molecule is Cc1ocnc1CNC(=O)N[C@H](CO)Cc1ccccc1. The highest BCUT2D eigenvalue weighted by Crippen LogP contribution is 2.04. The van der Waals surface area contributed by atoms with Gasteiger partial charge in [0.2, 0.25) is 0 Å². The number of aromatic nitrogens is 1. The summed E-state index contributed by atoms with van der Waals surface area (Å²) in [5.74, 6) is 0.679. The molecule has 0 aliphatic rings. The molecule has 0 radical (unpaired) electrons. The Morgan fingerprint density at radius 1 is 1.38 bits per heavy atom. The van der Waals surface area contributed by atoms with Gasteiger partial charge in [-0.05, 0) is 18.9 Å². The number of aliphatic hydroxyl groups excluding tert-OH is 1. The zero-order chi connectivity index (χ0) is 15.1. The fourth-order valence-electron chi connectivity index (χ4n) is 1.96. The van der Waals surface area contributed by atoms with Crippen molar-refractivity contribution in [2.75, 3.05) is 6.61 Å². The Morgan fingerprint density at radius 2 is 2.14 bits per heavy atom. The Bertz CT molecular complexity index is 569. The maximum absolute atomic E-state index is 11.8. The van der Waals surface area contributed by atoms with Crippen LogP contribution in [0.15, 0.2) is 41.1 Å². The van der Waals surface area contributed by atoms with Gasteiger partial charge in [0.05, 0.1) is 19.2 Å². The Morgan fingerprint density at radius 3 is 2.76 bits per heavy atom. The normalized spacial score (nSPS) is 11.9. The number of rotatable bonds is 6. The molecule has 0 unspecified atom stereocenters. The molecule has 21 heavy (non-hydrogen) atoms. The van der Waals surface area contributed by atoms with Gasteiger partial charge in [-0.15, -0.1) is 0 Å². The summed E-state index contributed by atoms with van der Waals surface area (Å²) in [6.07, 6.45) is 1.92. The summed E-state index contributed by atoms with van der Waals surface area (Å²) in [7, 11) is 0. The minimum absolute atomic E-state index is 0.120. The zero-order valence-electron chi connectivity index (χ0n) is 11.9. The van der Waals surface area contributed by atoms with Crippen LogP contribution in [0.3, 0.4) is 0 Å². The Kier molecular flexibility index (Phi) is 5.34. The molecule has 1 aromatic heterocycles. The van der Waals surface area contributed by atoms with Gasteiger partial charge in [0.25, 0.3) is 0 Å². The number of urea groups is 1. The highest BCUT2D eigenvalue weighted by atomic mass is 16.3. The van der Waals surface area contributed by atoms with Crippen LogP contribution in [0.1, 0.15) is 17.0 Å². The molecular weight excluding hydrogens is 270 g/mol. The molecule has 3 N–H and O–H groups in total. The lowest BCUT2D eigenvalue weighted by Gasteiger charge is -2.16. The number of aliphatic hydroxyl groups is 1. The van der Waals surface area contributed by atoms with E-state index in [-0.39, 0.29) is 25.2 Å². The maximum Gasteiger partial charge on any atom is 0.315 e. The summed E-state index contributed by atoms with van der Waals surface area (Å²) in [4.78, 5) is 15.8. The number of hydrogen-bond donors (Lipinski definition) is 3. The van der Waals surface area contributed by atoms with E-state index in [9.17, 15) is 9.90 Å². The highest BCUT2D eigenvalue weighted by Gasteiger charge is 2.12. The van der Waals surface area contributed by atoms with Crippen molar-refractivity contribution in [1.29, 1.82) is 0 Å². The van der Waals surface area contributed by atoms with Crippen molar-refractivity contribution in [3.63, 3.8) is 0 Å². The number of benzene rings is 1. The summed E-state index contributed by atoms with van der Waals surface area (Å²) in [5, 5.41) is 14.8. The molecule has 112 valence electrons. The van der Waals surface area contributed by atoms with Crippen LogP contribution in [0.5, 0.6) is 0 Å². The number of aryl methyl sites for hydroxylation is 1. The van der Waals surface area contributed by atoms with E-state index >= 15 is 0 Å². The first-order valence-electron chi connectivity index (χ1n) is 6.77. The van der Waals surface area contributed by atoms with Crippen LogP contribution < -0.4 is 10.6 Å². The van der Waals surface area contributed by atoms with Gasteiger partial charge in [0.1, 0.15) is 11.5 Å². The fraction of sp³-hybridized carbons (Fsp3) is 0.333. The molecule has 1 heterocycles. The van der Waals surface area contributed by atoms with Gasteiger partial charge in [-0.1, -0.05) is 30.3 Å². The fourth-order valence-corrected chi connectivity index (χ4v) is 1.96. The number of nitrogens with one attached hydrogen (secondary N) is 2. The van der Waals surface area contributed by atoms with E-state index in [1.807, 2.05) is 30.3 Å². The first-order valence-corrected chi connectivity index (χ1v) is 6.77. The van der Waals surface area contributed by atoms with E-state index in [4.69, 9.17) is 4.42 Å². The molecule has 6 nitrogen and oxygen atoms in total. The Labute approximate surface area is 123 Å². The molecule has 2 aromatic rings. The van der Waals surface area contributed by atoms with Crippen molar-refractivity contribution in [2.45, 2.75) is 25.9 Å². The van der Waals surface area contributed by atoms with Crippen molar-refractivity contribution in [1.82, 2.24) is 15.6 Å². The quantitative estimate of drug-likeness (QED) is 0.750. The molecule has 6 heteroatoms. The molecule has 1 atom stereocenters. The smallest absolute Gasteiger partial charge is 0.315 e. The lowest BCUT2D eigenvalue weighted by atomic mass is 10.1. The molecule has 0 bridgehead atoms. The molecule has 0 saturated carbocycles. The summed E-state index contributed by atoms with van der Waals surface area (Å²) in [6, 6.07) is 9.03. The third-order valence-corrected chi connectivity index (χ3v) is 3.14. The van der Waals surface area contributed by atoms with Crippen LogP contribution in [0, 0.1) is 6.92 Å². The number of carbonyl (C=O) groups excluding carboxylic acids is 1. The molecule has 2 amide bonds. The lowest BCUT2D eigenvalue weighted by molar-refractivity contribution is 0.215. The van der Waals surface area contributed by atoms with Crippen LogP contribution in [-0.2, 0) is 13.0 Å². The van der Waals surface area contributed by atoms with E-state index in [0.29, 0.717) is 17.9 Å². The van der Waals surface area contributed by atoms with Crippen LogP contribution in [0.4, 0.5) is 4.79 Å². The first kappa shape index (κ1) is 15.1. The van der Waals surface area contributed by atoms with E-state index in [1.165, 1.54) is 6.39 Å². The second-order valence-corrected chi connectivity index (χ2v) is 4.75. The molecule has 0 aliphatic carbocycles. The average Bonchev–Trinajstić information content (AvgIpc) is 2.91. The topological polar surface area (TPSA) is 87.4 Å². The van der Waals surface area contributed by atoms with Gasteiger partial charge in [0.15, 0.2) is 6.39 Å². The van der Waals surface area contributed by atoms with E-state index in [2.05, 4.69) is 15.6 Å². The van der Waals surface area contributed by atoms with E-state index in [0.717, 1.165) is 5.56 Å². The van der Waals surface area contributed by atoms with Crippen LogP contribution in [-0.4, -0.2) is 28.8 Å². The van der Waals surface area contributed by atoms with Crippen LogP contribution in [0.2, 0.25) is 0 Å². The summed E-state index contributed by atoms with van der Waals surface area (Å²) in [6.45, 7) is 1.96. The largest absolute Gasteiger partial charge is 0.448 e. The molecular formula is C15H19N3O3. The average molecular weight is 289 g/mol. The predicted molar refractivity (Wildman–Crippen MR) is 77.6 cm³/mol. The third-order valence-electron chi connectivity index (χ3n) is 3.14. The van der Waals surface area contributed by atoms with Gasteiger partial charge in [-0.25, -0.2) is 9.78 Å². The first-order chi connectivity index (χ1) is 10.2. The highest BCUT2D eigenvalue weighted by molar-refractivity contribution is 5.74. The second-order valence-electron chi connectivity index (χ2n) is 4.75. The summed E-state index contributed by atoms with van der Waals surface area (Å²) >= 11 is 0. The zero-order valence-corrected chi connectivity index (χ0v) is 11.9. The summed E-state index contributed by atoms with van der Waals surface area (Å²) in [5.41, 5.74) is 1.75. The molecule has 0 aliphatic heterocycles. The van der Waals surface area contributed by atoms with Gasteiger partial charge in [-0.3, -0.25) is 0 Å². The molecule has 0 spiro atoms. The van der Waals surface area contributed by atoms with Crippen molar-refractivity contribution in [3.8, 4) is 0 Å². The van der Waals surface area contributed by atoms with Gasteiger partial charge < -0.3 is 20.2 Å². The minimum Gasteiger partial charge on any atom is -0.448 e. The molecule has 2 rings (SSSR count). The van der Waals surface area contributed by atoms with E-state index < -0.39 is 0 Å². The van der Waals surface area contributed by atoms with Crippen molar-refractivity contribution in [2.24, 2.45) is 0 Å². The molecule has 1 aromatic carbocycles. The monoisotopic (exact) mass is 289 g/mol. The number of nitrogens with zero attached hydrogens (tertiary/aromatic N) is 1. The molecule has 0 saturated heterocycles. The second kappa shape index (κ2) is 7.44. The molecule has 0 fully saturated rings. The number of oxazole rings is 1. The van der Waals surface area contributed by atoms with Gasteiger partial charge >= 0.3 is 6.03 Å². The minimum atomic E-state index is -0.340. The Balaban J connectivity index is 1.81. The van der Waals surface area contributed by atoms with Crippen LogP contribution in [0.25, 0.3) is 0 Å². The predicted octanol–water partition coefficient (Wildman–Crippen LogP) is 1.39. The lowest BCUT2D eigenvalue weighted by Crippen LogP contribution is -2.44. The van der Waals surface area contributed by atoms with Gasteiger partial charge in [0, 0.05) is 0 Å². The number of carbonyl (C=O) groups is 1. The van der Waals surface area contributed by atoms with Crippen molar-refractivity contribution >= 4 is 6.03 Å². The number of amides is 2. The summed E-state index contributed by atoms with van der Waals surface area (Å²) < 4.78 is 5.06. The number of hydrogen-bond acceptors (Lipinski definition) is 4. The van der Waals surface area contributed by atoms with E-state index in [1.54, 1.807) is 6.92 Å². The maximum atomic E-state index is 11.8. The van der Waals surface area contributed by atoms with Crippen molar-refractivity contribution < 1.29 is 14.3 Å². The standard InChI is InChI=1S/C15H19N3O3/c1-11-14(17-10-21-11)8-16-15(20)18-13(9-19)7-12-5-3-2-4-6-12/h2-6,10,13,19H,7-9H2,1H3,(H2,16,18,20)/t13-/m0/s1. The Hall–Kier alpha value is -2.34.